The van der Waals surface area contributed by atoms with Crippen molar-refractivity contribution in [2.75, 3.05) is 0 Å². The van der Waals surface area contributed by atoms with Crippen LogP contribution >= 0.6 is 22.6 Å². The van der Waals surface area contributed by atoms with Gasteiger partial charge in [0, 0.05) is 14.3 Å². The minimum absolute atomic E-state index is 0.424. The van der Waals surface area contributed by atoms with Gasteiger partial charge in [-0.25, -0.2) is 0 Å². The maximum atomic E-state index is 11.6. The number of amides is 1. The van der Waals surface area contributed by atoms with Gasteiger partial charge in [-0.2, -0.15) is 0 Å². The molecule has 1 heterocycles. The van der Waals surface area contributed by atoms with Crippen molar-refractivity contribution in [2.45, 2.75) is 0 Å². The van der Waals surface area contributed by atoms with Crippen LogP contribution in [0.15, 0.2) is 40.8 Å². The second-order valence-electron chi connectivity index (χ2n) is 3.76. The average Bonchev–Trinajstić information content (AvgIpc) is 2.67. The lowest BCUT2D eigenvalue weighted by atomic mass is 10.1. The highest BCUT2D eigenvalue weighted by molar-refractivity contribution is 14.1. The molecule has 0 aliphatic rings. The number of nitrogens with two attached hydrogens (primary N) is 1. The quantitative estimate of drug-likeness (QED) is 0.693. The standard InChI is InChI=1S/C13H8INO2/c14-8-5-6-10-11(12(8)13(15)16)7-3-1-2-4-9(7)17-10/h1-6H,(H2,15,16). The summed E-state index contributed by atoms with van der Waals surface area (Å²) in [7, 11) is 0. The molecule has 0 saturated carbocycles. The van der Waals surface area contributed by atoms with E-state index in [-0.39, 0.29) is 0 Å². The Morgan fingerprint density at radius 2 is 1.88 bits per heavy atom. The first-order chi connectivity index (χ1) is 8.18. The zero-order chi connectivity index (χ0) is 12.0. The fourth-order valence-electron chi connectivity index (χ4n) is 2.03. The van der Waals surface area contributed by atoms with Gasteiger partial charge in [-0.05, 0) is 40.8 Å². The number of primary amides is 1. The molecule has 0 atom stereocenters. The Morgan fingerprint density at radius 3 is 2.65 bits per heavy atom. The van der Waals surface area contributed by atoms with E-state index in [1.54, 1.807) is 0 Å². The number of halogens is 1. The fourth-order valence-corrected chi connectivity index (χ4v) is 2.75. The highest BCUT2D eigenvalue weighted by Gasteiger charge is 2.16. The Balaban J connectivity index is 2.60. The number of fused-ring (bicyclic) bond motifs is 3. The van der Waals surface area contributed by atoms with Gasteiger partial charge in [-0.3, -0.25) is 4.79 Å². The van der Waals surface area contributed by atoms with E-state index in [0.29, 0.717) is 11.1 Å². The number of hydrogen-bond acceptors (Lipinski definition) is 2. The summed E-state index contributed by atoms with van der Waals surface area (Å²) in [5, 5.41) is 1.73. The SMILES string of the molecule is NC(=O)c1c(I)ccc2oc3ccccc3c12. The maximum absolute atomic E-state index is 11.6. The maximum Gasteiger partial charge on any atom is 0.250 e. The van der Waals surface area contributed by atoms with Gasteiger partial charge in [0.05, 0.1) is 5.56 Å². The molecule has 1 amide bonds. The van der Waals surface area contributed by atoms with Crippen LogP contribution in [-0.2, 0) is 0 Å². The number of carbonyl (C=O) groups excluding carboxylic acids is 1. The highest BCUT2D eigenvalue weighted by Crippen LogP contribution is 2.33. The van der Waals surface area contributed by atoms with Crippen LogP contribution in [0.25, 0.3) is 21.9 Å². The minimum atomic E-state index is -0.424. The van der Waals surface area contributed by atoms with E-state index < -0.39 is 5.91 Å². The first-order valence-corrected chi connectivity index (χ1v) is 6.16. The van der Waals surface area contributed by atoms with Crippen molar-refractivity contribution in [1.82, 2.24) is 0 Å². The lowest BCUT2D eigenvalue weighted by Crippen LogP contribution is -2.13. The molecule has 4 heteroatoms. The van der Waals surface area contributed by atoms with Crippen LogP contribution in [0.5, 0.6) is 0 Å². The van der Waals surface area contributed by atoms with Crippen molar-refractivity contribution in [3.8, 4) is 0 Å². The van der Waals surface area contributed by atoms with Crippen molar-refractivity contribution in [2.24, 2.45) is 5.73 Å². The Hall–Kier alpha value is -1.56. The highest BCUT2D eigenvalue weighted by atomic mass is 127. The molecule has 84 valence electrons. The van der Waals surface area contributed by atoms with Gasteiger partial charge in [-0.15, -0.1) is 0 Å². The molecule has 3 nitrogen and oxygen atoms in total. The third-order valence-electron chi connectivity index (χ3n) is 2.74. The molecule has 0 saturated heterocycles. The van der Waals surface area contributed by atoms with E-state index in [1.165, 1.54) is 0 Å². The van der Waals surface area contributed by atoms with Gasteiger partial charge in [0.25, 0.3) is 5.91 Å². The van der Waals surface area contributed by atoms with Gasteiger partial charge in [0.15, 0.2) is 0 Å². The number of benzene rings is 2. The fraction of sp³-hybridized carbons (Fsp3) is 0. The van der Waals surface area contributed by atoms with Crippen molar-refractivity contribution in [1.29, 1.82) is 0 Å². The molecule has 0 aliphatic carbocycles. The van der Waals surface area contributed by atoms with Gasteiger partial charge in [0.2, 0.25) is 0 Å². The number of hydrogen-bond donors (Lipinski definition) is 1. The van der Waals surface area contributed by atoms with Crippen LogP contribution in [-0.4, -0.2) is 5.91 Å². The predicted molar refractivity (Wildman–Crippen MR) is 75.0 cm³/mol. The van der Waals surface area contributed by atoms with Crippen LogP contribution in [0.1, 0.15) is 10.4 Å². The predicted octanol–water partition coefficient (Wildman–Crippen LogP) is 3.29. The normalized spacial score (nSPS) is 11.1. The number of rotatable bonds is 1. The molecule has 0 radical (unpaired) electrons. The summed E-state index contributed by atoms with van der Waals surface area (Å²) in [6.45, 7) is 0. The van der Waals surface area contributed by atoms with Crippen molar-refractivity contribution in [3.05, 3.63) is 45.5 Å². The molecule has 1 aromatic heterocycles. The second kappa shape index (κ2) is 3.73. The topological polar surface area (TPSA) is 56.2 Å². The Morgan fingerprint density at radius 1 is 1.12 bits per heavy atom. The molecule has 2 N–H and O–H groups in total. The molecule has 0 unspecified atom stereocenters. The van der Waals surface area contributed by atoms with Crippen LogP contribution in [0, 0.1) is 3.57 Å². The van der Waals surface area contributed by atoms with Gasteiger partial charge in [-0.1, -0.05) is 18.2 Å². The first kappa shape index (κ1) is 10.6. The van der Waals surface area contributed by atoms with E-state index in [1.807, 2.05) is 36.4 Å². The van der Waals surface area contributed by atoms with Gasteiger partial charge >= 0.3 is 0 Å². The van der Waals surface area contributed by atoms with Crippen molar-refractivity contribution < 1.29 is 9.21 Å². The number of para-hydroxylation sites is 1. The summed E-state index contributed by atoms with van der Waals surface area (Å²) in [6.07, 6.45) is 0. The smallest absolute Gasteiger partial charge is 0.250 e. The first-order valence-electron chi connectivity index (χ1n) is 5.08. The van der Waals surface area contributed by atoms with Crippen LogP contribution in [0.3, 0.4) is 0 Å². The molecule has 3 aromatic rings. The summed E-state index contributed by atoms with van der Waals surface area (Å²) in [4.78, 5) is 11.6. The van der Waals surface area contributed by atoms with Crippen LogP contribution < -0.4 is 5.73 Å². The number of carbonyl (C=O) groups is 1. The molecule has 0 bridgehead atoms. The number of furan rings is 1. The van der Waals surface area contributed by atoms with Crippen LogP contribution in [0.4, 0.5) is 0 Å². The van der Waals surface area contributed by atoms with E-state index in [0.717, 1.165) is 19.9 Å². The summed E-state index contributed by atoms with van der Waals surface area (Å²) >= 11 is 2.11. The second-order valence-corrected chi connectivity index (χ2v) is 4.92. The Kier molecular flexibility index (Phi) is 2.32. The molecule has 0 spiro atoms. The monoisotopic (exact) mass is 337 g/mol. The third-order valence-corrected chi connectivity index (χ3v) is 3.64. The lowest BCUT2D eigenvalue weighted by molar-refractivity contribution is 0.100. The molecular formula is C13H8INO2. The Labute approximate surface area is 111 Å². The van der Waals surface area contributed by atoms with Crippen molar-refractivity contribution in [3.63, 3.8) is 0 Å². The largest absolute Gasteiger partial charge is 0.456 e. The minimum Gasteiger partial charge on any atom is -0.456 e. The lowest BCUT2D eigenvalue weighted by Gasteiger charge is -2.01. The summed E-state index contributed by atoms with van der Waals surface area (Å²) in [6, 6.07) is 11.3. The summed E-state index contributed by atoms with van der Waals surface area (Å²) in [5.41, 5.74) is 7.45. The molecular weight excluding hydrogens is 329 g/mol. The average molecular weight is 337 g/mol. The van der Waals surface area contributed by atoms with E-state index in [4.69, 9.17) is 10.2 Å². The zero-order valence-corrected chi connectivity index (χ0v) is 10.9. The van der Waals surface area contributed by atoms with Gasteiger partial charge < -0.3 is 10.2 Å². The summed E-state index contributed by atoms with van der Waals surface area (Å²) in [5.74, 6) is -0.424. The molecule has 2 aromatic carbocycles. The van der Waals surface area contributed by atoms with Crippen molar-refractivity contribution >= 4 is 50.4 Å². The van der Waals surface area contributed by atoms with E-state index in [9.17, 15) is 4.79 Å². The molecule has 0 aliphatic heterocycles. The molecule has 17 heavy (non-hydrogen) atoms. The Bertz CT molecular complexity index is 746. The summed E-state index contributed by atoms with van der Waals surface area (Å²) < 4.78 is 6.53. The molecule has 3 rings (SSSR count). The van der Waals surface area contributed by atoms with E-state index >= 15 is 0 Å². The molecule has 0 fully saturated rings. The zero-order valence-electron chi connectivity index (χ0n) is 8.74. The van der Waals surface area contributed by atoms with Gasteiger partial charge in [0.1, 0.15) is 11.2 Å². The van der Waals surface area contributed by atoms with Crippen LogP contribution in [0.2, 0.25) is 0 Å². The third kappa shape index (κ3) is 1.51. The van der Waals surface area contributed by atoms with E-state index in [2.05, 4.69) is 22.6 Å².